The van der Waals surface area contributed by atoms with Crippen LogP contribution in [0, 0.1) is 17.8 Å². The molecule has 0 radical (unpaired) electrons. The van der Waals surface area contributed by atoms with Gasteiger partial charge in [0.05, 0.1) is 6.54 Å². The molecule has 0 heterocycles. The topological polar surface area (TPSA) is 69.6 Å². The van der Waals surface area contributed by atoms with E-state index in [-0.39, 0.29) is 18.5 Å². The number of aliphatic carboxylic acids is 1. The van der Waals surface area contributed by atoms with Gasteiger partial charge in [0.25, 0.3) is 0 Å². The molecule has 0 aromatic carbocycles. The fraction of sp³-hybridized carbons (Fsp3) is 0.867. The number of carboxylic acid groups (broad SMARTS) is 1. The second-order valence-corrected chi connectivity index (χ2v) is 6.57. The smallest absolute Gasteiger partial charge is 0.317 e. The molecule has 3 fully saturated rings. The van der Waals surface area contributed by atoms with Gasteiger partial charge in [-0.1, -0.05) is 13.3 Å². The summed E-state index contributed by atoms with van der Waals surface area (Å²) in [4.78, 5) is 24.9. The minimum Gasteiger partial charge on any atom is -0.480 e. The van der Waals surface area contributed by atoms with Gasteiger partial charge in [0.2, 0.25) is 5.91 Å². The second-order valence-electron chi connectivity index (χ2n) is 6.57. The number of carbonyl (C=O) groups is 2. The molecular formula is C15H24N2O3. The lowest BCUT2D eigenvalue weighted by Gasteiger charge is -2.42. The lowest BCUT2D eigenvalue weighted by molar-refractivity contribution is -0.140. The Kier molecular flexibility index (Phi) is 3.71. The average Bonchev–Trinajstić information content (AvgIpc) is 2.84. The largest absolute Gasteiger partial charge is 0.480 e. The van der Waals surface area contributed by atoms with Gasteiger partial charge in [-0.15, -0.1) is 0 Å². The van der Waals surface area contributed by atoms with Crippen LogP contribution in [0.15, 0.2) is 0 Å². The molecule has 112 valence electrons. The van der Waals surface area contributed by atoms with E-state index in [4.69, 9.17) is 5.11 Å². The number of fused-ring (bicyclic) bond motifs is 1. The second kappa shape index (κ2) is 5.35. The van der Waals surface area contributed by atoms with Crippen molar-refractivity contribution < 1.29 is 14.7 Å². The highest BCUT2D eigenvalue weighted by atomic mass is 16.4. The van der Waals surface area contributed by atoms with E-state index in [1.165, 1.54) is 19.3 Å². The molecule has 3 saturated carbocycles. The number of carbonyl (C=O) groups excluding carboxylic acids is 1. The maximum absolute atomic E-state index is 12.1. The molecule has 3 rings (SSSR count). The Labute approximate surface area is 119 Å². The van der Waals surface area contributed by atoms with Crippen LogP contribution in [0.3, 0.4) is 0 Å². The van der Waals surface area contributed by atoms with Crippen LogP contribution < -0.4 is 5.32 Å². The van der Waals surface area contributed by atoms with E-state index < -0.39 is 5.97 Å². The van der Waals surface area contributed by atoms with Crippen molar-refractivity contribution in [3.8, 4) is 0 Å². The van der Waals surface area contributed by atoms with Crippen molar-refractivity contribution in [2.75, 3.05) is 13.1 Å². The lowest BCUT2D eigenvalue weighted by atomic mass is 9.85. The van der Waals surface area contributed by atoms with E-state index in [1.807, 2.05) is 11.8 Å². The predicted octanol–water partition coefficient (Wildman–Crippen LogP) is 1.09. The Morgan fingerprint density at radius 2 is 1.90 bits per heavy atom. The number of rotatable bonds is 6. The molecule has 2 unspecified atom stereocenters. The standard InChI is InChI=1S/C15H24N2O3/c1-2-17(8-13(18)19)10-6-9(7-10)16-15(20)14-11-4-3-5-12(11)14/h9-12,14H,2-8H2,1H3,(H,16,20)(H,18,19). The van der Waals surface area contributed by atoms with E-state index in [2.05, 4.69) is 5.32 Å². The molecule has 0 saturated heterocycles. The minimum absolute atomic E-state index is 0.106. The molecule has 0 aromatic heterocycles. The number of nitrogens with one attached hydrogen (secondary N) is 1. The zero-order valence-electron chi connectivity index (χ0n) is 12.0. The van der Waals surface area contributed by atoms with Crippen LogP contribution in [0.1, 0.15) is 39.0 Å². The van der Waals surface area contributed by atoms with Crippen LogP contribution in [0.25, 0.3) is 0 Å². The van der Waals surface area contributed by atoms with Crippen molar-refractivity contribution in [1.29, 1.82) is 0 Å². The summed E-state index contributed by atoms with van der Waals surface area (Å²) in [5.74, 6) is 1.12. The third-order valence-corrected chi connectivity index (χ3v) is 5.43. The lowest BCUT2D eigenvalue weighted by Crippen LogP contribution is -2.55. The van der Waals surface area contributed by atoms with Crippen LogP contribution in [0.2, 0.25) is 0 Å². The Hall–Kier alpha value is -1.10. The normalized spacial score (nSPS) is 38.2. The quantitative estimate of drug-likeness (QED) is 0.764. The first-order valence-electron chi connectivity index (χ1n) is 7.86. The zero-order chi connectivity index (χ0) is 14.3. The highest BCUT2D eigenvalue weighted by Gasteiger charge is 2.56. The molecule has 0 spiro atoms. The predicted molar refractivity (Wildman–Crippen MR) is 74.2 cm³/mol. The summed E-state index contributed by atoms with van der Waals surface area (Å²) in [6.07, 6.45) is 5.56. The number of hydrogen-bond acceptors (Lipinski definition) is 3. The first-order valence-corrected chi connectivity index (χ1v) is 7.86. The summed E-state index contributed by atoms with van der Waals surface area (Å²) in [6, 6.07) is 0.580. The van der Waals surface area contributed by atoms with Crippen LogP contribution in [0.5, 0.6) is 0 Å². The van der Waals surface area contributed by atoms with Gasteiger partial charge in [0, 0.05) is 18.0 Å². The number of likely N-dealkylation sites (N-methyl/N-ethyl adjacent to an activating group) is 1. The summed E-state index contributed by atoms with van der Waals surface area (Å²) in [5.41, 5.74) is 0. The first-order chi connectivity index (χ1) is 9.60. The Bertz CT molecular complexity index is 396. The highest BCUT2D eigenvalue weighted by Crippen LogP contribution is 2.57. The third kappa shape index (κ3) is 2.55. The molecule has 20 heavy (non-hydrogen) atoms. The maximum atomic E-state index is 12.1. The van der Waals surface area contributed by atoms with Crippen LogP contribution in [-0.2, 0) is 9.59 Å². The molecular weight excluding hydrogens is 256 g/mol. The van der Waals surface area contributed by atoms with Crippen LogP contribution in [0.4, 0.5) is 0 Å². The van der Waals surface area contributed by atoms with Crippen molar-refractivity contribution in [2.24, 2.45) is 17.8 Å². The SMILES string of the molecule is CCN(CC(=O)O)C1CC(NC(=O)C2C3CCCC32)C1. The van der Waals surface area contributed by atoms with E-state index in [0.717, 1.165) is 19.4 Å². The van der Waals surface area contributed by atoms with Crippen molar-refractivity contribution in [2.45, 2.75) is 51.1 Å². The molecule has 2 N–H and O–H groups in total. The minimum atomic E-state index is -0.773. The Morgan fingerprint density at radius 3 is 2.45 bits per heavy atom. The highest BCUT2D eigenvalue weighted by molar-refractivity contribution is 5.82. The number of hydrogen-bond donors (Lipinski definition) is 2. The van der Waals surface area contributed by atoms with Crippen molar-refractivity contribution in [3.05, 3.63) is 0 Å². The fourth-order valence-corrected chi connectivity index (χ4v) is 4.18. The molecule has 2 atom stereocenters. The maximum Gasteiger partial charge on any atom is 0.317 e. The Morgan fingerprint density at radius 1 is 1.25 bits per heavy atom. The van der Waals surface area contributed by atoms with Crippen molar-refractivity contribution in [3.63, 3.8) is 0 Å². The van der Waals surface area contributed by atoms with Crippen LogP contribution in [-0.4, -0.2) is 47.1 Å². The van der Waals surface area contributed by atoms with Gasteiger partial charge in [0.1, 0.15) is 0 Å². The fourth-order valence-electron chi connectivity index (χ4n) is 4.18. The van der Waals surface area contributed by atoms with Gasteiger partial charge < -0.3 is 10.4 Å². The molecule has 3 aliphatic carbocycles. The summed E-state index contributed by atoms with van der Waals surface area (Å²) in [7, 11) is 0. The molecule has 0 aliphatic heterocycles. The first kappa shape index (κ1) is 13.9. The van der Waals surface area contributed by atoms with E-state index in [0.29, 0.717) is 23.8 Å². The molecule has 0 aromatic rings. The van der Waals surface area contributed by atoms with Gasteiger partial charge in [-0.3, -0.25) is 14.5 Å². The van der Waals surface area contributed by atoms with Gasteiger partial charge in [-0.2, -0.15) is 0 Å². The summed E-state index contributed by atoms with van der Waals surface area (Å²) in [5, 5.41) is 12.0. The molecule has 1 amide bonds. The average molecular weight is 280 g/mol. The molecule has 5 nitrogen and oxygen atoms in total. The summed E-state index contributed by atoms with van der Waals surface area (Å²) in [6.45, 7) is 2.85. The molecule has 0 bridgehead atoms. The van der Waals surface area contributed by atoms with E-state index in [9.17, 15) is 9.59 Å². The van der Waals surface area contributed by atoms with Gasteiger partial charge in [0.15, 0.2) is 0 Å². The Balaban J connectivity index is 1.39. The van der Waals surface area contributed by atoms with E-state index in [1.54, 1.807) is 0 Å². The van der Waals surface area contributed by atoms with Crippen molar-refractivity contribution in [1.82, 2.24) is 10.2 Å². The number of nitrogens with zero attached hydrogens (tertiary/aromatic N) is 1. The van der Waals surface area contributed by atoms with Crippen LogP contribution >= 0.6 is 0 Å². The molecule has 5 heteroatoms. The van der Waals surface area contributed by atoms with Gasteiger partial charge >= 0.3 is 5.97 Å². The summed E-state index contributed by atoms with van der Waals surface area (Å²) >= 11 is 0. The monoisotopic (exact) mass is 280 g/mol. The number of carboxylic acids is 1. The van der Waals surface area contributed by atoms with Gasteiger partial charge in [-0.25, -0.2) is 0 Å². The van der Waals surface area contributed by atoms with Gasteiger partial charge in [-0.05, 0) is 44.1 Å². The number of amides is 1. The summed E-state index contributed by atoms with van der Waals surface area (Å²) < 4.78 is 0. The van der Waals surface area contributed by atoms with E-state index >= 15 is 0 Å². The third-order valence-electron chi connectivity index (χ3n) is 5.43. The molecule has 3 aliphatic rings. The van der Waals surface area contributed by atoms with Crippen molar-refractivity contribution >= 4 is 11.9 Å². The zero-order valence-corrected chi connectivity index (χ0v) is 12.0.